The maximum atomic E-state index is 15.0. The Morgan fingerprint density at radius 2 is 1.88 bits per heavy atom. The van der Waals surface area contributed by atoms with Crippen LogP contribution in [-0.4, -0.2) is 54.6 Å². The van der Waals surface area contributed by atoms with Crippen LogP contribution in [0.2, 0.25) is 5.02 Å². The van der Waals surface area contributed by atoms with Crippen LogP contribution >= 0.6 is 11.6 Å². The topological polar surface area (TPSA) is 110 Å². The van der Waals surface area contributed by atoms with Crippen molar-refractivity contribution in [2.45, 2.75) is 41.8 Å². The summed E-state index contributed by atoms with van der Waals surface area (Å²) in [6.07, 6.45) is 1.94. The zero-order valence-corrected chi connectivity index (χ0v) is 19.5. The second-order valence-corrected chi connectivity index (χ2v) is 11.2. The molecule has 2 N–H and O–H groups in total. The quantitative estimate of drug-likeness (QED) is 0.595. The second kappa shape index (κ2) is 8.53. The lowest BCUT2D eigenvalue weighted by atomic mass is 9.73. The summed E-state index contributed by atoms with van der Waals surface area (Å²) in [5, 5.41) is -0.463. The minimum absolute atomic E-state index is 0.208. The molecule has 0 radical (unpaired) electrons. The standard InChI is InChI=1S/C22H21ClF3N3O4S/c1-34(32,33)14-4-12(8-28-9-14)20(30)29-10-13(24)7-22(29,21(27)31)19(11-2-3-11)15-5-18(26)16(23)6-17(15)25/h4-6,8-9,11,13,19H,2-3,7,10H2,1H3,(H2,27,31)/t13?,19-,22+/m1/s1. The van der Waals surface area contributed by atoms with Crippen LogP contribution in [0, 0.1) is 17.6 Å². The van der Waals surface area contributed by atoms with Gasteiger partial charge in [-0.1, -0.05) is 11.6 Å². The average molecular weight is 516 g/mol. The van der Waals surface area contributed by atoms with E-state index in [1.165, 1.54) is 0 Å². The van der Waals surface area contributed by atoms with Gasteiger partial charge in [0.2, 0.25) is 5.91 Å². The van der Waals surface area contributed by atoms with Crippen molar-refractivity contribution >= 4 is 33.3 Å². The van der Waals surface area contributed by atoms with Gasteiger partial charge in [-0.15, -0.1) is 0 Å². The first-order valence-corrected chi connectivity index (χ1v) is 12.7. The van der Waals surface area contributed by atoms with Gasteiger partial charge < -0.3 is 10.6 Å². The first kappa shape index (κ1) is 24.5. The number of likely N-dealkylation sites (tertiary alicyclic amines) is 1. The van der Waals surface area contributed by atoms with Crippen molar-refractivity contribution in [3.05, 3.63) is 58.4 Å². The summed E-state index contributed by atoms with van der Waals surface area (Å²) >= 11 is 5.69. The van der Waals surface area contributed by atoms with E-state index in [9.17, 15) is 26.8 Å². The molecule has 1 aromatic heterocycles. The van der Waals surface area contributed by atoms with Gasteiger partial charge in [-0.3, -0.25) is 14.6 Å². The van der Waals surface area contributed by atoms with Crippen molar-refractivity contribution in [2.75, 3.05) is 12.8 Å². The van der Waals surface area contributed by atoms with Crippen molar-refractivity contribution in [2.24, 2.45) is 11.7 Å². The Labute approximate surface area is 199 Å². The molecular formula is C22H21ClF3N3O4S. The molecule has 1 saturated heterocycles. The van der Waals surface area contributed by atoms with Crippen LogP contribution in [0.1, 0.15) is 41.1 Å². The highest BCUT2D eigenvalue weighted by molar-refractivity contribution is 7.90. The van der Waals surface area contributed by atoms with E-state index >= 15 is 4.39 Å². The minimum atomic E-state index is -3.72. The molecule has 1 unspecified atom stereocenters. The van der Waals surface area contributed by atoms with Crippen molar-refractivity contribution in [1.82, 2.24) is 9.88 Å². The molecule has 2 fully saturated rings. The highest BCUT2D eigenvalue weighted by atomic mass is 35.5. The summed E-state index contributed by atoms with van der Waals surface area (Å²) in [6, 6.07) is 2.69. The lowest BCUT2D eigenvalue weighted by molar-refractivity contribution is -0.129. The van der Waals surface area contributed by atoms with Gasteiger partial charge in [0, 0.05) is 31.0 Å². The number of benzene rings is 1. The lowest BCUT2D eigenvalue weighted by Crippen LogP contribution is -2.60. The Balaban J connectivity index is 1.88. The van der Waals surface area contributed by atoms with Crippen LogP contribution in [-0.2, 0) is 14.6 Å². The lowest BCUT2D eigenvalue weighted by Gasteiger charge is -2.42. The van der Waals surface area contributed by atoms with Crippen LogP contribution in [0.25, 0.3) is 0 Å². The Morgan fingerprint density at radius 3 is 2.47 bits per heavy atom. The number of hydrogen-bond acceptors (Lipinski definition) is 5. The molecule has 4 rings (SSSR count). The first-order valence-electron chi connectivity index (χ1n) is 10.4. The molecule has 12 heteroatoms. The number of nitrogens with zero attached hydrogens (tertiary/aromatic N) is 2. The molecule has 1 aliphatic carbocycles. The van der Waals surface area contributed by atoms with Crippen molar-refractivity contribution < 1.29 is 31.2 Å². The average Bonchev–Trinajstić information content (AvgIpc) is 3.52. The van der Waals surface area contributed by atoms with Crippen molar-refractivity contribution in [3.63, 3.8) is 0 Å². The number of hydrogen-bond donors (Lipinski definition) is 1. The highest BCUT2D eigenvalue weighted by Gasteiger charge is 2.61. The van der Waals surface area contributed by atoms with Gasteiger partial charge in [0.15, 0.2) is 9.84 Å². The number of aromatic nitrogens is 1. The fraction of sp³-hybridized carbons (Fsp3) is 0.409. The smallest absolute Gasteiger partial charge is 0.256 e. The number of nitrogens with two attached hydrogens (primary N) is 1. The summed E-state index contributed by atoms with van der Waals surface area (Å²) in [4.78, 5) is 30.9. The van der Waals surface area contributed by atoms with Gasteiger partial charge in [0.25, 0.3) is 5.91 Å². The Hall–Kier alpha value is -2.66. The van der Waals surface area contributed by atoms with Crippen LogP contribution in [0.5, 0.6) is 0 Å². The SMILES string of the molecule is CS(=O)(=O)c1cncc(C(=O)N2CC(F)C[C@@]2(C(N)=O)[C@@H](c2cc(F)c(Cl)cc2F)C2CC2)c1. The molecule has 1 aliphatic heterocycles. The Morgan fingerprint density at radius 1 is 1.21 bits per heavy atom. The zero-order valence-electron chi connectivity index (χ0n) is 18.0. The number of primary amides is 1. The molecule has 1 saturated carbocycles. The number of halogens is 4. The van der Waals surface area contributed by atoms with Crippen LogP contribution in [0.15, 0.2) is 35.5 Å². The maximum Gasteiger partial charge on any atom is 0.256 e. The summed E-state index contributed by atoms with van der Waals surface area (Å²) in [6.45, 7) is -0.536. The van der Waals surface area contributed by atoms with E-state index in [0.717, 1.165) is 41.7 Å². The molecule has 34 heavy (non-hydrogen) atoms. The summed E-state index contributed by atoms with van der Waals surface area (Å²) in [5.74, 6) is -5.28. The van der Waals surface area contributed by atoms with E-state index in [4.69, 9.17) is 17.3 Å². The number of alkyl halides is 1. The van der Waals surface area contributed by atoms with Gasteiger partial charge in [0.1, 0.15) is 23.3 Å². The summed E-state index contributed by atoms with van der Waals surface area (Å²) in [5.41, 5.74) is 3.32. The predicted octanol–water partition coefficient (Wildman–Crippen LogP) is 3.02. The number of carbonyl (C=O) groups is 2. The minimum Gasteiger partial charge on any atom is -0.368 e. The third-order valence-electron chi connectivity index (χ3n) is 6.44. The number of amides is 2. The van der Waals surface area contributed by atoms with E-state index in [2.05, 4.69) is 4.98 Å². The molecular weight excluding hydrogens is 495 g/mol. The Kier molecular flexibility index (Phi) is 6.14. The van der Waals surface area contributed by atoms with E-state index in [-0.39, 0.29) is 21.9 Å². The molecule has 1 aromatic carbocycles. The monoisotopic (exact) mass is 515 g/mol. The Bertz CT molecular complexity index is 1290. The third-order valence-corrected chi connectivity index (χ3v) is 7.81. The number of carbonyl (C=O) groups excluding carboxylic acids is 2. The molecule has 7 nitrogen and oxygen atoms in total. The van der Waals surface area contributed by atoms with E-state index in [1.54, 1.807) is 0 Å². The molecule has 2 heterocycles. The number of pyridine rings is 1. The van der Waals surface area contributed by atoms with Crippen molar-refractivity contribution in [3.8, 4) is 0 Å². The first-order chi connectivity index (χ1) is 15.9. The number of sulfone groups is 1. The van der Waals surface area contributed by atoms with Crippen LogP contribution < -0.4 is 5.73 Å². The zero-order chi connectivity index (χ0) is 25.0. The molecule has 182 valence electrons. The van der Waals surface area contributed by atoms with Gasteiger partial charge >= 0.3 is 0 Å². The molecule has 2 aliphatic rings. The maximum absolute atomic E-state index is 15.0. The predicted molar refractivity (Wildman–Crippen MR) is 117 cm³/mol. The summed E-state index contributed by atoms with van der Waals surface area (Å²) in [7, 11) is -3.72. The van der Waals surface area contributed by atoms with E-state index < -0.39 is 68.9 Å². The second-order valence-electron chi connectivity index (χ2n) is 8.79. The molecule has 3 atom stereocenters. The van der Waals surface area contributed by atoms with Crippen LogP contribution in [0.3, 0.4) is 0 Å². The van der Waals surface area contributed by atoms with Gasteiger partial charge in [-0.05, 0) is 42.5 Å². The van der Waals surface area contributed by atoms with E-state index in [1.807, 2.05) is 0 Å². The third kappa shape index (κ3) is 4.15. The molecule has 0 spiro atoms. The van der Waals surface area contributed by atoms with Crippen molar-refractivity contribution in [1.29, 1.82) is 0 Å². The normalized spacial score (nSPS) is 23.7. The van der Waals surface area contributed by atoms with E-state index in [0.29, 0.717) is 12.8 Å². The molecule has 0 bridgehead atoms. The highest BCUT2D eigenvalue weighted by Crippen LogP contribution is 2.55. The van der Waals surface area contributed by atoms with Gasteiger partial charge in [-0.25, -0.2) is 21.6 Å². The molecule has 2 aromatic rings. The van der Waals surface area contributed by atoms with Gasteiger partial charge in [-0.2, -0.15) is 0 Å². The van der Waals surface area contributed by atoms with Gasteiger partial charge in [0.05, 0.1) is 22.0 Å². The fourth-order valence-corrected chi connectivity index (χ4v) is 5.56. The molecule has 2 amide bonds. The largest absolute Gasteiger partial charge is 0.368 e. The van der Waals surface area contributed by atoms with Crippen LogP contribution in [0.4, 0.5) is 13.2 Å². The number of rotatable bonds is 6. The fourth-order valence-electron chi connectivity index (χ4n) is 4.82. The summed E-state index contributed by atoms with van der Waals surface area (Å²) < 4.78 is 68.1.